The van der Waals surface area contributed by atoms with Gasteiger partial charge in [0.05, 0.1) is 6.61 Å². The average molecular weight is 343 g/mol. The van der Waals surface area contributed by atoms with E-state index in [0.29, 0.717) is 5.56 Å². The van der Waals surface area contributed by atoms with Gasteiger partial charge < -0.3 is 4.74 Å². The Morgan fingerprint density at radius 1 is 0.917 bits per heavy atom. The largest absolute Gasteiger partial charge is 0.494 e. The van der Waals surface area contributed by atoms with Crippen LogP contribution in [0.15, 0.2) is 60.7 Å². The maximum atomic E-state index is 12.0. The fraction of sp³-hybridized carbons (Fsp3) is 0.286. The van der Waals surface area contributed by atoms with Crippen molar-refractivity contribution in [2.45, 2.75) is 25.7 Å². The topological polar surface area (TPSA) is 26.3 Å². The molecule has 2 aromatic rings. The van der Waals surface area contributed by atoms with E-state index in [0.717, 1.165) is 49.5 Å². The van der Waals surface area contributed by atoms with Crippen LogP contribution in [0.3, 0.4) is 0 Å². The summed E-state index contributed by atoms with van der Waals surface area (Å²) in [6, 6.07) is 17.0. The van der Waals surface area contributed by atoms with Gasteiger partial charge in [-0.1, -0.05) is 61.4 Å². The van der Waals surface area contributed by atoms with Crippen molar-refractivity contribution in [1.82, 2.24) is 0 Å². The van der Waals surface area contributed by atoms with Gasteiger partial charge in [-0.25, -0.2) is 0 Å². The van der Waals surface area contributed by atoms with Gasteiger partial charge in [-0.3, -0.25) is 4.79 Å². The summed E-state index contributed by atoms with van der Waals surface area (Å²) in [5.41, 5.74) is 1.68. The quantitative estimate of drug-likeness (QED) is 0.237. The summed E-state index contributed by atoms with van der Waals surface area (Å²) in [4.78, 5) is 12.0. The number of hydrogen-bond acceptors (Lipinski definition) is 2. The van der Waals surface area contributed by atoms with Crippen molar-refractivity contribution in [1.29, 1.82) is 0 Å². The number of carbonyl (C=O) groups excluding carboxylic acids is 1. The highest BCUT2D eigenvalue weighted by Gasteiger charge is 2.00. The molecular formula is C21H23ClO2. The molecule has 126 valence electrons. The number of unbranched alkanes of at least 4 members (excludes halogenated alkanes) is 3. The van der Waals surface area contributed by atoms with Crippen molar-refractivity contribution in [3.63, 3.8) is 0 Å². The van der Waals surface area contributed by atoms with Crippen molar-refractivity contribution in [3.8, 4) is 5.75 Å². The predicted octanol–water partition coefficient (Wildman–Crippen LogP) is 5.76. The fourth-order valence-corrected chi connectivity index (χ4v) is 2.47. The van der Waals surface area contributed by atoms with Gasteiger partial charge in [0.15, 0.2) is 5.78 Å². The lowest BCUT2D eigenvalue weighted by Gasteiger charge is -2.06. The smallest absolute Gasteiger partial charge is 0.185 e. The monoisotopic (exact) mass is 342 g/mol. The molecule has 2 rings (SSSR count). The van der Waals surface area contributed by atoms with Crippen LogP contribution in [0.1, 0.15) is 41.6 Å². The molecule has 2 aromatic carbocycles. The standard InChI is InChI=1S/C21H23ClO2/c22-16-6-1-2-7-17-24-20-13-10-18(11-14-20)12-15-21(23)19-8-4-3-5-9-19/h3-5,8-15H,1-2,6-7,16-17H2. The Bertz CT molecular complexity index is 633. The molecule has 0 aliphatic carbocycles. The van der Waals surface area contributed by atoms with Gasteiger partial charge in [-0.15, -0.1) is 11.6 Å². The summed E-state index contributed by atoms with van der Waals surface area (Å²) in [6.07, 6.45) is 7.85. The summed E-state index contributed by atoms with van der Waals surface area (Å²) in [6.45, 7) is 0.726. The van der Waals surface area contributed by atoms with E-state index >= 15 is 0 Å². The molecule has 0 bridgehead atoms. The van der Waals surface area contributed by atoms with Crippen LogP contribution in [0.5, 0.6) is 5.75 Å². The molecule has 0 unspecified atom stereocenters. The molecular weight excluding hydrogens is 320 g/mol. The number of hydrogen-bond donors (Lipinski definition) is 0. The third kappa shape index (κ3) is 6.59. The third-order valence-electron chi connectivity index (χ3n) is 3.66. The first kappa shape index (κ1) is 18.3. The second kappa shape index (κ2) is 10.7. The van der Waals surface area contributed by atoms with E-state index in [2.05, 4.69) is 0 Å². The Balaban J connectivity index is 1.77. The molecule has 0 atom stereocenters. The van der Waals surface area contributed by atoms with Crippen LogP contribution in [0, 0.1) is 0 Å². The molecule has 0 aliphatic heterocycles. The average Bonchev–Trinajstić information content (AvgIpc) is 2.64. The van der Waals surface area contributed by atoms with E-state index < -0.39 is 0 Å². The highest BCUT2D eigenvalue weighted by molar-refractivity contribution is 6.17. The van der Waals surface area contributed by atoms with Crippen LogP contribution >= 0.6 is 11.6 Å². The van der Waals surface area contributed by atoms with Crippen LogP contribution in [0.4, 0.5) is 0 Å². The summed E-state index contributed by atoms with van der Waals surface area (Å²) in [5, 5.41) is 0. The fourth-order valence-electron chi connectivity index (χ4n) is 2.29. The van der Waals surface area contributed by atoms with Crippen molar-refractivity contribution >= 4 is 23.5 Å². The number of ether oxygens (including phenoxy) is 1. The molecule has 24 heavy (non-hydrogen) atoms. The van der Waals surface area contributed by atoms with E-state index in [1.54, 1.807) is 6.08 Å². The van der Waals surface area contributed by atoms with E-state index in [9.17, 15) is 4.79 Å². The lowest BCUT2D eigenvalue weighted by atomic mass is 10.1. The Morgan fingerprint density at radius 3 is 2.33 bits per heavy atom. The van der Waals surface area contributed by atoms with E-state index in [1.165, 1.54) is 0 Å². The van der Waals surface area contributed by atoms with Crippen molar-refractivity contribution in [2.75, 3.05) is 12.5 Å². The number of ketones is 1. The van der Waals surface area contributed by atoms with Crippen molar-refractivity contribution in [3.05, 3.63) is 71.8 Å². The first-order chi connectivity index (χ1) is 11.8. The molecule has 0 aromatic heterocycles. The summed E-state index contributed by atoms with van der Waals surface area (Å²) in [7, 11) is 0. The maximum Gasteiger partial charge on any atom is 0.185 e. The highest BCUT2D eigenvalue weighted by Crippen LogP contribution is 2.14. The lowest BCUT2D eigenvalue weighted by molar-refractivity contribution is 0.104. The number of benzene rings is 2. The molecule has 0 fully saturated rings. The van der Waals surface area contributed by atoms with E-state index in [-0.39, 0.29) is 5.78 Å². The number of halogens is 1. The van der Waals surface area contributed by atoms with E-state index in [4.69, 9.17) is 16.3 Å². The van der Waals surface area contributed by atoms with Gasteiger partial charge >= 0.3 is 0 Å². The highest BCUT2D eigenvalue weighted by atomic mass is 35.5. The minimum Gasteiger partial charge on any atom is -0.494 e. The first-order valence-corrected chi connectivity index (χ1v) is 8.89. The Morgan fingerprint density at radius 2 is 1.62 bits per heavy atom. The van der Waals surface area contributed by atoms with Crippen LogP contribution in [0.2, 0.25) is 0 Å². The third-order valence-corrected chi connectivity index (χ3v) is 3.93. The summed E-state index contributed by atoms with van der Waals surface area (Å²) in [5.74, 6) is 1.61. The van der Waals surface area contributed by atoms with Gasteiger partial charge in [0.25, 0.3) is 0 Å². The summed E-state index contributed by atoms with van der Waals surface area (Å²) < 4.78 is 5.71. The second-order valence-electron chi connectivity index (χ2n) is 5.58. The van der Waals surface area contributed by atoms with Crippen LogP contribution in [-0.2, 0) is 0 Å². The van der Waals surface area contributed by atoms with Crippen LogP contribution < -0.4 is 4.74 Å². The number of carbonyl (C=O) groups is 1. The van der Waals surface area contributed by atoms with Gasteiger partial charge in [-0.2, -0.15) is 0 Å². The van der Waals surface area contributed by atoms with Gasteiger partial charge in [-0.05, 0) is 36.6 Å². The van der Waals surface area contributed by atoms with Gasteiger partial charge in [0, 0.05) is 11.4 Å². The number of rotatable bonds is 10. The van der Waals surface area contributed by atoms with Gasteiger partial charge in [0.2, 0.25) is 0 Å². The normalized spacial score (nSPS) is 10.9. The Hall–Kier alpha value is -2.06. The molecule has 0 saturated heterocycles. The zero-order valence-electron chi connectivity index (χ0n) is 13.8. The zero-order valence-corrected chi connectivity index (χ0v) is 14.5. The Kier molecular flexibility index (Phi) is 8.12. The molecule has 0 aliphatic rings. The molecule has 0 heterocycles. The molecule has 0 saturated carbocycles. The summed E-state index contributed by atoms with van der Waals surface area (Å²) >= 11 is 5.65. The minimum atomic E-state index is 0.00729. The molecule has 2 nitrogen and oxygen atoms in total. The predicted molar refractivity (Wildman–Crippen MR) is 101 cm³/mol. The van der Waals surface area contributed by atoms with Crippen molar-refractivity contribution in [2.24, 2.45) is 0 Å². The maximum absolute atomic E-state index is 12.0. The number of allylic oxidation sites excluding steroid dienone is 1. The molecule has 0 amide bonds. The molecule has 0 N–H and O–H groups in total. The molecule has 0 spiro atoms. The SMILES string of the molecule is O=C(C=Cc1ccc(OCCCCCCCl)cc1)c1ccccc1. The van der Waals surface area contributed by atoms with Crippen LogP contribution in [0.25, 0.3) is 6.08 Å². The Labute approximate surface area is 149 Å². The molecule has 0 radical (unpaired) electrons. The van der Waals surface area contributed by atoms with E-state index in [1.807, 2.05) is 60.7 Å². The van der Waals surface area contributed by atoms with Gasteiger partial charge in [0.1, 0.15) is 5.75 Å². The van der Waals surface area contributed by atoms with Crippen molar-refractivity contribution < 1.29 is 9.53 Å². The first-order valence-electron chi connectivity index (χ1n) is 8.36. The molecule has 3 heteroatoms. The number of alkyl halides is 1. The minimum absolute atomic E-state index is 0.00729. The van der Waals surface area contributed by atoms with Crippen LogP contribution in [-0.4, -0.2) is 18.3 Å². The lowest BCUT2D eigenvalue weighted by Crippen LogP contribution is -1.97. The second-order valence-corrected chi connectivity index (χ2v) is 5.96. The zero-order chi connectivity index (χ0) is 17.0.